The van der Waals surface area contributed by atoms with Gasteiger partial charge in [0.25, 0.3) is 0 Å². The van der Waals surface area contributed by atoms with Crippen LogP contribution in [0.1, 0.15) is 0 Å². The predicted molar refractivity (Wildman–Crippen MR) is 227 cm³/mol. The van der Waals surface area contributed by atoms with Crippen LogP contribution in [-0.4, -0.2) is 15.0 Å². The van der Waals surface area contributed by atoms with Gasteiger partial charge in [0.15, 0.2) is 17.5 Å². The maximum atomic E-state index is 6.62. The fourth-order valence-electron chi connectivity index (χ4n) is 7.84. The molecule has 8 aromatic carbocycles. The molecule has 0 aliphatic rings. The zero-order valence-electron chi connectivity index (χ0n) is 30.1. The molecule has 11 aromatic rings. The molecule has 3 heterocycles. The number of para-hydroxylation sites is 1. The fraction of sp³-hybridized carbons (Fsp3) is 0. The third-order valence-corrected chi connectivity index (χ3v) is 10.6. The minimum atomic E-state index is 0.584. The van der Waals surface area contributed by atoms with Crippen molar-refractivity contribution in [3.8, 4) is 67.5 Å². The van der Waals surface area contributed by atoms with Crippen molar-refractivity contribution < 1.29 is 8.83 Å². The lowest BCUT2D eigenvalue weighted by atomic mass is 9.94. The van der Waals surface area contributed by atoms with Gasteiger partial charge < -0.3 is 8.83 Å². The Kier molecular flexibility index (Phi) is 7.42. The van der Waals surface area contributed by atoms with Gasteiger partial charge in [0.05, 0.1) is 0 Å². The first-order valence-corrected chi connectivity index (χ1v) is 18.7. The van der Waals surface area contributed by atoms with Gasteiger partial charge in [0, 0.05) is 38.2 Å². The minimum absolute atomic E-state index is 0.584. The molecule has 0 radical (unpaired) electrons. The summed E-state index contributed by atoms with van der Waals surface area (Å²) in [5, 5.41) is 4.17. The van der Waals surface area contributed by atoms with E-state index in [1.807, 2.05) is 66.7 Å². The molecule has 0 bridgehead atoms. The van der Waals surface area contributed by atoms with Crippen molar-refractivity contribution in [3.05, 3.63) is 188 Å². The molecule has 0 saturated heterocycles. The molecular weight excluding hydrogens is 687 g/mol. The predicted octanol–water partition coefficient (Wildman–Crippen LogP) is 13.7. The number of hydrogen-bond donors (Lipinski definition) is 0. The number of hydrogen-bond acceptors (Lipinski definition) is 5. The zero-order valence-corrected chi connectivity index (χ0v) is 30.1. The lowest BCUT2D eigenvalue weighted by molar-refractivity contribution is 0.668. The van der Waals surface area contributed by atoms with E-state index in [0.29, 0.717) is 17.5 Å². The van der Waals surface area contributed by atoms with Crippen LogP contribution >= 0.6 is 0 Å². The molecule has 5 nitrogen and oxygen atoms in total. The standard InChI is InChI=1S/C51H31N3O2/c1-4-13-32(14-5-1)33-23-25-36(26-24-33)50-52-49(35-17-8-3-9-18-35)53-51(54-50)41-20-12-22-44-47(41)40-28-27-37(30-45(40)56-44)38-29-42(34-15-6-2-7-16-34)48-39-19-10-11-21-43(39)55-46(48)31-38/h1-31H. The zero-order chi connectivity index (χ0) is 37.0. The quantitative estimate of drug-likeness (QED) is 0.171. The number of furan rings is 2. The maximum Gasteiger partial charge on any atom is 0.164 e. The highest BCUT2D eigenvalue weighted by atomic mass is 16.3. The highest BCUT2D eigenvalue weighted by Crippen LogP contribution is 2.42. The second kappa shape index (κ2) is 13.0. The van der Waals surface area contributed by atoms with Gasteiger partial charge in [-0.05, 0) is 69.8 Å². The largest absolute Gasteiger partial charge is 0.456 e. The molecule has 3 aromatic heterocycles. The number of nitrogens with zero attached hydrogens (tertiary/aromatic N) is 3. The van der Waals surface area contributed by atoms with E-state index in [0.717, 1.165) is 93.9 Å². The first kappa shape index (κ1) is 31.9. The van der Waals surface area contributed by atoms with Crippen LogP contribution < -0.4 is 0 Å². The molecule has 0 spiro atoms. The van der Waals surface area contributed by atoms with E-state index in [9.17, 15) is 0 Å². The summed E-state index contributed by atoms with van der Waals surface area (Å²) < 4.78 is 13.1. The van der Waals surface area contributed by atoms with Gasteiger partial charge in [0.1, 0.15) is 22.3 Å². The Hall–Kier alpha value is -7.63. The molecule has 0 aliphatic heterocycles. The van der Waals surface area contributed by atoms with E-state index >= 15 is 0 Å². The summed E-state index contributed by atoms with van der Waals surface area (Å²) >= 11 is 0. The minimum Gasteiger partial charge on any atom is -0.456 e. The normalized spacial score (nSPS) is 11.6. The molecule has 0 saturated carbocycles. The van der Waals surface area contributed by atoms with Crippen molar-refractivity contribution in [3.63, 3.8) is 0 Å². The Morgan fingerprint density at radius 1 is 0.268 bits per heavy atom. The van der Waals surface area contributed by atoms with Crippen molar-refractivity contribution in [2.45, 2.75) is 0 Å². The smallest absolute Gasteiger partial charge is 0.164 e. The number of fused-ring (bicyclic) bond motifs is 6. The monoisotopic (exact) mass is 717 g/mol. The molecule has 262 valence electrons. The Morgan fingerprint density at radius 3 is 1.52 bits per heavy atom. The SMILES string of the molecule is c1ccc(-c2ccc(-c3nc(-c4ccccc4)nc(-c4cccc5oc6cc(-c7cc(-c8ccccc8)c8c(c7)oc7ccccc78)ccc6c45)n3)cc2)cc1. The summed E-state index contributed by atoms with van der Waals surface area (Å²) in [5.41, 5.74) is 12.6. The Labute approximate surface area is 322 Å². The van der Waals surface area contributed by atoms with E-state index in [1.54, 1.807) is 0 Å². The van der Waals surface area contributed by atoms with E-state index in [1.165, 1.54) is 0 Å². The van der Waals surface area contributed by atoms with Gasteiger partial charge in [-0.1, -0.05) is 152 Å². The number of benzene rings is 8. The first-order chi connectivity index (χ1) is 27.7. The highest BCUT2D eigenvalue weighted by molar-refractivity contribution is 6.15. The molecule has 5 heteroatoms. The summed E-state index contributed by atoms with van der Waals surface area (Å²) in [6.45, 7) is 0. The summed E-state index contributed by atoms with van der Waals surface area (Å²) in [6.07, 6.45) is 0. The van der Waals surface area contributed by atoms with Crippen LogP contribution in [0.5, 0.6) is 0 Å². The van der Waals surface area contributed by atoms with Gasteiger partial charge in [0.2, 0.25) is 0 Å². The van der Waals surface area contributed by atoms with Crippen LogP contribution in [0, 0.1) is 0 Å². The van der Waals surface area contributed by atoms with Crippen molar-refractivity contribution in [1.29, 1.82) is 0 Å². The molecule has 0 unspecified atom stereocenters. The van der Waals surface area contributed by atoms with Crippen molar-refractivity contribution >= 4 is 43.9 Å². The van der Waals surface area contributed by atoms with Crippen molar-refractivity contribution in [2.75, 3.05) is 0 Å². The molecule has 56 heavy (non-hydrogen) atoms. The second-order valence-corrected chi connectivity index (χ2v) is 14.0. The lowest BCUT2D eigenvalue weighted by Gasteiger charge is -2.10. The third-order valence-electron chi connectivity index (χ3n) is 10.6. The summed E-state index contributed by atoms with van der Waals surface area (Å²) in [4.78, 5) is 15.2. The molecule has 11 rings (SSSR count). The van der Waals surface area contributed by atoms with Crippen LogP contribution in [0.4, 0.5) is 0 Å². The van der Waals surface area contributed by atoms with Crippen LogP contribution in [-0.2, 0) is 0 Å². The van der Waals surface area contributed by atoms with Crippen LogP contribution in [0.15, 0.2) is 197 Å². The molecular formula is C51H31N3O2. The second-order valence-electron chi connectivity index (χ2n) is 14.0. The van der Waals surface area contributed by atoms with Crippen molar-refractivity contribution in [1.82, 2.24) is 15.0 Å². The molecule has 0 atom stereocenters. The van der Waals surface area contributed by atoms with E-state index in [2.05, 4.69) is 121 Å². The molecule has 0 aliphatic carbocycles. The van der Waals surface area contributed by atoms with E-state index in [4.69, 9.17) is 23.8 Å². The molecule has 0 N–H and O–H groups in total. The number of rotatable bonds is 6. The van der Waals surface area contributed by atoms with Gasteiger partial charge in [-0.25, -0.2) is 15.0 Å². The Bertz CT molecular complexity index is 3220. The summed E-state index contributed by atoms with van der Waals surface area (Å²) in [6, 6.07) is 64.5. The van der Waals surface area contributed by atoms with E-state index < -0.39 is 0 Å². The number of aromatic nitrogens is 3. The van der Waals surface area contributed by atoms with Gasteiger partial charge in [-0.15, -0.1) is 0 Å². The summed E-state index contributed by atoms with van der Waals surface area (Å²) in [7, 11) is 0. The molecule has 0 fully saturated rings. The summed E-state index contributed by atoms with van der Waals surface area (Å²) in [5.74, 6) is 1.80. The highest BCUT2D eigenvalue weighted by Gasteiger charge is 2.20. The Balaban J connectivity index is 1.05. The van der Waals surface area contributed by atoms with Crippen molar-refractivity contribution in [2.24, 2.45) is 0 Å². The maximum absolute atomic E-state index is 6.62. The topological polar surface area (TPSA) is 65.0 Å². The third kappa shape index (κ3) is 5.45. The van der Waals surface area contributed by atoms with Gasteiger partial charge in [-0.2, -0.15) is 0 Å². The van der Waals surface area contributed by atoms with Crippen LogP contribution in [0.2, 0.25) is 0 Å². The lowest BCUT2D eigenvalue weighted by Crippen LogP contribution is -2.00. The molecule has 0 amide bonds. The van der Waals surface area contributed by atoms with Gasteiger partial charge in [-0.3, -0.25) is 0 Å². The Morgan fingerprint density at radius 2 is 0.768 bits per heavy atom. The average Bonchev–Trinajstić information content (AvgIpc) is 3.85. The fourth-order valence-corrected chi connectivity index (χ4v) is 7.84. The van der Waals surface area contributed by atoms with Crippen LogP contribution in [0.3, 0.4) is 0 Å². The first-order valence-electron chi connectivity index (χ1n) is 18.7. The average molecular weight is 718 g/mol. The van der Waals surface area contributed by atoms with E-state index in [-0.39, 0.29) is 0 Å². The van der Waals surface area contributed by atoms with Crippen LogP contribution in [0.25, 0.3) is 111 Å². The van der Waals surface area contributed by atoms with Gasteiger partial charge >= 0.3 is 0 Å².